The molecule has 0 bridgehead atoms. The third-order valence-corrected chi connectivity index (χ3v) is 3.16. The van der Waals surface area contributed by atoms with Crippen molar-refractivity contribution in [1.82, 2.24) is 0 Å². The SMILES string of the molecule is COC1=CC(O)(O)C(C(=O)c2ccc(OC)cc2)C=C1.[Na]. The van der Waals surface area contributed by atoms with E-state index in [4.69, 9.17) is 9.47 Å². The van der Waals surface area contributed by atoms with Crippen LogP contribution in [0.1, 0.15) is 10.4 Å². The number of hydrogen-bond donors (Lipinski definition) is 2. The summed E-state index contributed by atoms with van der Waals surface area (Å²) < 4.78 is 9.93. The topological polar surface area (TPSA) is 76.0 Å². The van der Waals surface area contributed by atoms with Crippen molar-refractivity contribution in [2.75, 3.05) is 14.2 Å². The van der Waals surface area contributed by atoms with Crippen molar-refractivity contribution in [3.05, 3.63) is 53.8 Å². The van der Waals surface area contributed by atoms with Crippen LogP contribution in [0, 0.1) is 5.92 Å². The average molecular weight is 299 g/mol. The van der Waals surface area contributed by atoms with E-state index >= 15 is 0 Å². The van der Waals surface area contributed by atoms with Gasteiger partial charge < -0.3 is 19.7 Å². The fourth-order valence-corrected chi connectivity index (χ4v) is 2.02. The van der Waals surface area contributed by atoms with Crippen molar-refractivity contribution in [2.45, 2.75) is 5.79 Å². The Hall–Kier alpha value is -1.11. The number of rotatable bonds is 4. The first-order valence-corrected chi connectivity index (χ1v) is 6.06. The Labute approximate surface area is 145 Å². The maximum absolute atomic E-state index is 12.3. The summed E-state index contributed by atoms with van der Waals surface area (Å²) in [5.41, 5.74) is 0.377. The van der Waals surface area contributed by atoms with Gasteiger partial charge in [-0.15, -0.1) is 0 Å². The maximum Gasteiger partial charge on any atom is 0.200 e. The number of hydrogen-bond acceptors (Lipinski definition) is 5. The second kappa shape index (κ2) is 7.24. The normalized spacial score (nSPS) is 19.2. The first-order chi connectivity index (χ1) is 9.47. The maximum atomic E-state index is 12.3. The molecule has 6 heteroatoms. The molecule has 2 N–H and O–H groups in total. The van der Waals surface area contributed by atoms with Gasteiger partial charge in [-0.3, -0.25) is 4.79 Å². The van der Waals surface area contributed by atoms with Crippen LogP contribution < -0.4 is 4.74 Å². The first-order valence-electron chi connectivity index (χ1n) is 6.06. The summed E-state index contributed by atoms with van der Waals surface area (Å²) in [4.78, 5) is 12.3. The predicted octanol–water partition coefficient (Wildman–Crippen LogP) is 0.894. The molecular weight excluding hydrogens is 283 g/mol. The average Bonchev–Trinajstić information content (AvgIpc) is 2.45. The number of Topliss-reactive ketones (excluding diaryl/α,β-unsaturated/α-hetero) is 1. The monoisotopic (exact) mass is 299 g/mol. The Morgan fingerprint density at radius 1 is 1.14 bits per heavy atom. The van der Waals surface area contributed by atoms with Crippen LogP contribution >= 0.6 is 0 Å². The Morgan fingerprint density at radius 3 is 2.24 bits per heavy atom. The van der Waals surface area contributed by atoms with Gasteiger partial charge in [0, 0.05) is 41.2 Å². The molecule has 0 aromatic heterocycles. The van der Waals surface area contributed by atoms with Crippen LogP contribution in [-0.2, 0) is 4.74 Å². The molecule has 1 aromatic carbocycles. The summed E-state index contributed by atoms with van der Waals surface area (Å²) in [6, 6.07) is 6.46. The van der Waals surface area contributed by atoms with Crippen molar-refractivity contribution < 1.29 is 24.5 Å². The molecule has 0 saturated carbocycles. The number of carbonyl (C=O) groups excluding carboxylic acids is 1. The molecule has 5 nitrogen and oxygen atoms in total. The number of methoxy groups -OCH3 is 2. The predicted molar refractivity (Wildman–Crippen MR) is 78.0 cm³/mol. The van der Waals surface area contributed by atoms with Crippen molar-refractivity contribution in [3.63, 3.8) is 0 Å². The van der Waals surface area contributed by atoms with Crippen molar-refractivity contribution in [1.29, 1.82) is 0 Å². The van der Waals surface area contributed by atoms with Crippen LogP contribution in [0.4, 0.5) is 0 Å². The van der Waals surface area contributed by atoms with E-state index in [1.165, 1.54) is 26.4 Å². The number of allylic oxidation sites excluding steroid dienone is 1. The quantitative estimate of drug-likeness (QED) is 0.491. The van der Waals surface area contributed by atoms with Crippen LogP contribution in [-0.4, -0.2) is 65.6 Å². The molecule has 0 heterocycles. The smallest absolute Gasteiger partial charge is 0.200 e. The van der Waals surface area contributed by atoms with E-state index in [0.29, 0.717) is 17.1 Å². The van der Waals surface area contributed by atoms with E-state index in [1.807, 2.05) is 0 Å². The van der Waals surface area contributed by atoms with Gasteiger partial charge in [0.1, 0.15) is 11.5 Å². The molecule has 1 aliphatic rings. The van der Waals surface area contributed by atoms with Crippen molar-refractivity contribution in [2.24, 2.45) is 5.92 Å². The van der Waals surface area contributed by atoms with E-state index < -0.39 is 11.7 Å². The second-order valence-corrected chi connectivity index (χ2v) is 4.46. The van der Waals surface area contributed by atoms with Crippen LogP contribution in [0.5, 0.6) is 5.75 Å². The molecule has 21 heavy (non-hydrogen) atoms. The molecule has 0 fully saturated rings. The third-order valence-electron chi connectivity index (χ3n) is 3.16. The van der Waals surface area contributed by atoms with Gasteiger partial charge in [0.05, 0.1) is 20.1 Å². The molecule has 1 radical (unpaired) electrons. The number of aliphatic hydroxyl groups is 2. The minimum Gasteiger partial charge on any atom is -0.497 e. The number of benzene rings is 1. The fourth-order valence-electron chi connectivity index (χ4n) is 2.02. The Morgan fingerprint density at radius 2 is 1.76 bits per heavy atom. The van der Waals surface area contributed by atoms with Gasteiger partial charge in [0.2, 0.25) is 5.79 Å². The van der Waals surface area contributed by atoms with Gasteiger partial charge in [0.25, 0.3) is 0 Å². The third kappa shape index (κ3) is 3.96. The number of ketones is 1. The van der Waals surface area contributed by atoms with E-state index in [1.54, 1.807) is 24.3 Å². The zero-order chi connectivity index (χ0) is 14.8. The largest absolute Gasteiger partial charge is 0.497 e. The van der Waals surface area contributed by atoms with E-state index in [2.05, 4.69) is 0 Å². The van der Waals surface area contributed by atoms with Crippen LogP contribution in [0.3, 0.4) is 0 Å². The molecule has 1 aromatic rings. The molecule has 0 aliphatic heterocycles. The Balaban J connectivity index is 0.00000220. The summed E-state index contributed by atoms with van der Waals surface area (Å²) in [6.07, 6.45) is 4.07. The van der Waals surface area contributed by atoms with E-state index in [0.717, 1.165) is 6.08 Å². The van der Waals surface area contributed by atoms with Gasteiger partial charge in [-0.05, 0) is 30.3 Å². The molecule has 1 atom stereocenters. The van der Waals surface area contributed by atoms with E-state index in [9.17, 15) is 15.0 Å². The molecule has 107 valence electrons. The van der Waals surface area contributed by atoms with E-state index in [-0.39, 0.29) is 35.3 Å². The summed E-state index contributed by atoms with van der Waals surface area (Å²) in [7, 11) is 2.95. The first kappa shape index (κ1) is 17.9. The zero-order valence-electron chi connectivity index (χ0n) is 12.2. The molecule has 1 aliphatic carbocycles. The Kier molecular flexibility index (Phi) is 6.19. The van der Waals surface area contributed by atoms with Crippen molar-refractivity contribution >= 4 is 35.3 Å². The second-order valence-electron chi connectivity index (χ2n) is 4.46. The van der Waals surface area contributed by atoms with Gasteiger partial charge >= 0.3 is 0 Å². The summed E-state index contributed by atoms with van der Waals surface area (Å²) in [6.45, 7) is 0. The molecule has 2 rings (SSSR count). The molecular formula is C15H16NaO5. The summed E-state index contributed by atoms with van der Waals surface area (Å²) >= 11 is 0. The van der Waals surface area contributed by atoms with Crippen LogP contribution in [0.25, 0.3) is 0 Å². The van der Waals surface area contributed by atoms with Gasteiger partial charge in [-0.2, -0.15) is 0 Å². The molecule has 1 unspecified atom stereocenters. The van der Waals surface area contributed by atoms with Gasteiger partial charge in [0.15, 0.2) is 5.78 Å². The standard InChI is InChI=1S/C15H16O5.Na/c1-19-11-5-3-10(4-6-11)14(16)13-8-7-12(20-2)9-15(13,17)18;/h3-9,13,17-18H,1-2H3;. The molecule has 0 saturated heterocycles. The summed E-state index contributed by atoms with van der Waals surface area (Å²) in [5, 5.41) is 19.9. The number of carbonyl (C=O) groups is 1. The Bertz CT molecular complexity index is 560. The number of ether oxygens (including phenoxy) is 2. The molecule has 0 amide bonds. The van der Waals surface area contributed by atoms with Crippen LogP contribution in [0.2, 0.25) is 0 Å². The minimum atomic E-state index is -2.27. The van der Waals surface area contributed by atoms with Gasteiger partial charge in [-0.25, -0.2) is 0 Å². The fraction of sp³-hybridized carbons (Fsp3) is 0.267. The molecule has 0 spiro atoms. The van der Waals surface area contributed by atoms with Crippen molar-refractivity contribution in [3.8, 4) is 5.75 Å². The zero-order valence-corrected chi connectivity index (χ0v) is 14.2. The summed E-state index contributed by atoms with van der Waals surface area (Å²) in [5.74, 6) is -2.80. The minimum absolute atomic E-state index is 0. The van der Waals surface area contributed by atoms with Crippen LogP contribution in [0.15, 0.2) is 48.3 Å². The van der Waals surface area contributed by atoms with Gasteiger partial charge in [-0.1, -0.05) is 6.08 Å².